The Morgan fingerprint density at radius 2 is 2.12 bits per heavy atom. The van der Waals surface area contributed by atoms with Crippen LogP contribution in [0.3, 0.4) is 0 Å². The smallest absolute Gasteiger partial charge is 0.0499 e. The van der Waals surface area contributed by atoms with Crippen molar-refractivity contribution in [2.24, 2.45) is 5.41 Å². The molecule has 0 spiro atoms. The number of aliphatic hydroxyl groups is 1. The molecule has 1 aromatic rings. The molecule has 1 atom stereocenters. The van der Waals surface area contributed by atoms with Gasteiger partial charge in [0.05, 0.1) is 0 Å². The van der Waals surface area contributed by atoms with E-state index in [0.29, 0.717) is 6.04 Å². The first-order valence-corrected chi connectivity index (χ1v) is 6.93. The fourth-order valence-electron chi connectivity index (χ4n) is 1.79. The lowest BCUT2D eigenvalue weighted by Crippen LogP contribution is -2.37. The van der Waals surface area contributed by atoms with Crippen LogP contribution in [-0.2, 0) is 0 Å². The van der Waals surface area contributed by atoms with E-state index in [1.165, 1.54) is 4.88 Å². The summed E-state index contributed by atoms with van der Waals surface area (Å²) in [6.07, 6.45) is 2.04. The Balaban J connectivity index is 2.49. The van der Waals surface area contributed by atoms with Crippen LogP contribution in [0.5, 0.6) is 0 Å². The molecule has 0 aliphatic heterocycles. The number of thiophene rings is 1. The van der Waals surface area contributed by atoms with Crippen LogP contribution in [0.25, 0.3) is 0 Å². The number of rotatable bonds is 7. The molecule has 0 bridgehead atoms. The molecule has 0 saturated carbocycles. The Labute approximate surface area is 103 Å². The van der Waals surface area contributed by atoms with Gasteiger partial charge in [-0.15, -0.1) is 11.3 Å². The fourth-order valence-corrected chi connectivity index (χ4v) is 2.55. The minimum atomic E-state index is 0.0471. The van der Waals surface area contributed by atoms with Crippen molar-refractivity contribution in [3.8, 4) is 0 Å². The van der Waals surface area contributed by atoms with Gasteiger partial charge in [-0.2, -0.15) is 0 Å². The molecule has 1 rings (SSSR count). The van der Waals surface area contributed by atoms with Crippen LogP contribution in [0.4, 0.5) is 0 Å². The van der Waals surface area contributed by atoms with Crippen molar-refractivity contribution in [2.45, 2.75) is 39.7 Å². The molecule has 1 aromatic heterocycles. The molecule has 0 aromatic carbocycles. The standard InChI is InChI=1S/C13H23NOS/c1-4-13(5-2,10-15)9-14-11(3)12-7-6-8-16-12/h6-8,11,14-15H,4-5,9-10H2,1-3H3/t11-/m0/s1. The predicted octanol–water partition coefficient (Wildman–Crippen LogP) is 3.20. The van der Waals surface area contributed by atoms with Crippen LogP contribution >= 0.6 is 11.3 Å². The average Bonchev–Trinajstić information content (AvgIpc) is 2.85. The van der Waals surface area contributed by atoms with E-state index in [4.69, 9.17) is 0 Å². The van der Waals surface area contributed by atoms with Crippen molar-refractivity contribution in [1.29, 1.82) is 0 Å². The van der Waals surface area contributed by atoms with Gasteiger partial charge in [0, 0.05) is 29.5 Å². The Bertz CT molecular complexity index is 272. The third-order valence-electron chi connectivity index (χ3n) is 3.59. The number of hydrogen-bond donors (Lipinski definition) is 2. The molecule has 0 radical (unpaired) electrons. The molecule has 0 amide bonds. The minimum absolute atomic E-state index is 0.0471. The predicted molar refractivity (Wildman–Crippen MR) is 70.8 cm³/mol. The van der Waals surface area contributed by atoms with Gasteiger partial charge in [0.2, 0.25) is 0 Å². The summed E-state index contributed by atoms with van der Waals surface area (Å²) in [7, 11) is 0. The first-order chi connectivity index (χ1) is 7.67. The zero-order valence-electron chi connectivity index (χ0n) is 10.5. The summed E-state index contributed by atoms with van der Waals surface area (Å²) >= 11 is 1.78. The monoisotopic (exact) mass is 241 g/mol. The molecule has 0 fully saturated rings. The van der Waals surface area contributed by atoms with Gasteiger partial charge in [0.25, 0.3) is 0 Å². The molecule has 0 saturated heterocycles. The van der Waals surface area contributed by atoms with Crippen LogP contribution in [0.15, 0.2) is 17.5 Å². The van der Waals surface area contributed by atoms with E-state index in [1.807, 2.05) is 0 Å². The van der Waals surface area contributed by atoms with Crippen LogP contribution in [0.1, 0.15) is 44.5 Å². The molecule has 2 N–H and O–H groups in total. The number of hydrogen-bond acceptors (Lipinski definition) is 3. The highest BCUT2D eigenvalue weighted by Gasteiger charge is 2.25. The maximum absolute atomic E-state index is 9.48. The summed E-state index contributed by atoms with van der Waals surface area (Å²) in [6, 6.07) is 4.61. The molecule has 0 unspecified atom stereocenters. The first kappa shape index (κ1) is 13.7. The summed E-state index contributed by atoms with van der Waals surface area (Å²) in [5.41, 5.74) is 0.0471. The molecule has 16 heavy (non-hydrogen) atoms. The average molecular weight is 241 g/mol. The molecular formula is C13H23NOS. The Morgan fingerprint density at radius 3 is 2.56 bits per heavy atom. The van der Waals surface area contributed by atoms with Crippen LogP contribution in [-0.4, -0.2) is 18.3 Å². The van der Waals surface area contributed by atoms with Gasteiger partial charge in [-0.05, 0) is 31.2 Å². The summed E-state index contributed by atoms with van der Waals surface area (Å²) in [4.78, 5) is 1.36. The van der Waals surface area contributed by atoms with Gasteiger partial charge in [0.15, 0.2) is 0 Å². The molecule has 92 valence electrons. The van der Waals surface area contributed by atoms with Gasteiger partial charge >= 0.3 is 0 Å². The van der Waals surface area contributed by atoms with Gasteiger partial charge in [-0.1, -0.05) is 19.9 Å². The van der Waals surface area contributed by atoms with E-state index in [0.717, 1.165) is 19.4 Å². The Kier molecular flexibility index (Phi) is 5.46. The van der Waals surface area contributed by atoms with E-state index in [1.54, 1.807) is 11.3 Å². The lowest BCUT2D eigenvalue weighted by atomic mass is 9.83. The minimum Gasteiger partial charge on any atom is -0.396 e. The third kappa shape index (κ3) is 3.30. The SMILES string of the molecule is CCC(CC)(CO)CN[C@@H](C)c1cccs1. The molecular weight excluding hydrogens is 218 g/mol. The van der Waals surface area contributed by atoms with E-state index in [9.17, 15) is 5.11 Å². The zero-order chi connectivity index (χ0) is 12.0. The Morgan fingerprint density at radius 1 is 1.44 bits per heavy atom. The second-order valence-electron chi connectivity index (χ2n) is 4.48. The van der Waals surface area contributed by atoms with E-state index >= 15 is 0 Å². The van der Waals surface area contributed by atoms with Crippen LogP contribution in [0.2, 0.25) is 0 Å². The molecule has 3 heteroatoms. The second kappa shape index (κ2) is 6.38. The zero-order valence-corrected chi connectivity index (χ0v) is 11.3. The quantitative estimate of drug-likeness (QED) is 0.768. The summed E-state index contributed by atoms with van der Waals surface area (Å²) in [5.74, 6) is 0. The van der Waals surface area contributed by atoms with Crippen molar-refractivity contribution in [3.05, 3.63) is 22.4 Å². The largest absolute Gasteiger partial charge is 0.396 e. The van der Waals surface area contributed by atoms with E-state index < -0.39 is 0 Å². The third-order valence-corrected chi connectivity index (χ3v) is 4.64. The number of aliphatic hydroxyl groups excluding tert-OH is 1. The van der Waals surface area contributed by atoms with Crippen LogP contribution in [0, 0.1) is 5.41 Å². The van der Waals surface area contributed by atoms with Gasteiger partial charge in [-0.3, -0.25) is 0 Å². The van der Waals surface area contributed by atoms with E-state index in [2.05, 4.69) is 43.6 Å². The van der Waals surface area contributed by atoms with Crippen molar-refractivity contribution in [3.63, 3.8) is 0 Å². The summed E-state index contributed by atoms with van der Waals surface area (Å²) in [6.45, 7) is 7.63. The maximum Gasteiger partial charge on any atom is 0.0499 e. The van der Waals surface area contributed by atoms with E-state index in [-0.39, 0.29) is 12.0 Å². The highest BCUT2D eigenvalue weighted by Crippen LogP contribution is 2.26. The van der Waals surface area contributed by atoms with Gasteiger partial charge < -0.3 is 10.4 Å². The summed E-state index contributed by atoms with van der Waals surface area (Å²) in [5, 5.41) is 15.1. The fraction of sp³-hybridized carbons (Fsp3) is 0.692. The lowest BCUT2D eigenvalue weighted by molar-refractivity contribution is 0.110. The highest BCUT2D eigenvalue weighted by atomic mass is 32.1. The van der Waals surface area contributed by atoms with Gasteiger partial charge in [-0.25, -0.2) is 0 Å². The maximum atomic E-state index is 9.48. The first-order valence-electron chi connectivity index (χ1n) is 6.05. The second-order valence-corrected chi connectivity index (χ2v) is 5.46. The van der Waals surface area contributed by atoms with Crippen molar-refractivity contribution in [2.75, 3.05) is 13.2 Å². The lowest BCUT2D eigenvalue weighted by Gasteiger charge is -2.31. The highest BCUT2D eigenvalue weighted by molar-refractivity contribution is 7.10. The van der Waals surface area contributed by atoms with Crippen molar-refractivity contribution in [1.82, 2.24) is 5.32 Å². The molecule has 0 aliphatic rings. The summed E-state index contributed by atoms with van der Waals surface area (Å²) < 4.78 is 0. The van der Waals surface area contributed by atoms with Crippen molar-refractivity contribution < 1.29 is 5.11 Å². The molecule has 2 nitrogen and oxygen atoms in total. The van der Waals surface area contributed by atoms with Crippen molar-refractivity contribution >= 4 is 11.3 Å². The Hall–Kier alpha value is -0.380. The number of nitrogens with one attached hydrogen (secondary N) is 1. The topological polar surface area (TPSA) is 32.3 Å². The normalized spacial score (nSPS) is 14.0. The van der Waals surface area contributed by atoms with Gasteiger partial charge in [0.1, 0.15) is 0 Å². The molecule has 0 aliphatic carbocycles. The van der Waals surface area contributed by atoms with Crippen LogP contribution < -0.4 is 5.32 Å². The molecule has 1 heterocycles.